The molecule has 3 N–H and O–H groups in total. The molecule has 0 aliphatic heterocycles. The molecule has 4 nitrogen and oxygen atoms in total. The maximum Gasteiger partial charge on any atom is 0.220 e. The van der Waals surface area contributed by atoms with Gasteiger partial charge in [0.05, 0.1) is 18.8 Å². The first kappa shape index (κ1) is 51.8. The third kappa shape index (κ3) is 41.0. The Kier molecular flexibility index (Phi) is 43.4. The van der Waals surface area contributed by atoms with Gasteiger partial charge in [-0.3, -0.25) is 4.79 Å². The fourth-order valence-corrected chi connectivity index (χ4v) is 6.68. The average Bonchev–Trinajstić information content (AvgIpc) is 3.18. The zero-order valence-corrected chi connectivity index (χ0v) is 35.7. The third-order valence-electron chi connectivity index (χ3n) is 10.2. The summed E-state index contributed by atoms with van der Waals surface area (Å²) < 4.78 is 0. The molecule has 0 aliphatic rings. The van der Waals surface area contributed by atoms with Gasteiger partial charge in [-0.05, 0) is 64.2 Å². The summed E-state index contributed by atoms with van der Waals surface area (Å²) >= 11 is 0. The van der Waals surface area contributed by atoms with Crippen LogP contribution < -0.4 is 5.32 Å². The second-order valence-corrected chi connectivity index (χ2v) is 15.4. The van der Waals surface area contributed by atoms with E-state index in [0.717, 1.165) is 57.8 Å². The van der Waals surface area contributed by atoms with E-state index in [1.807, 2.05) is 6.08 Å². The smallest absolute Gasteiger partial charge is 0.220 e. The van der Waals surface area contributed by atoms with Gasteiger partial charge in [-0.15, -0.1) is 0 Å². The Balaban J connectivity index is 3.42. The second kappa shape index (κ2) is 45.2. The molecule has 4 heteroatoms. The largest absolute Gasteiger partial charge is 0.394 e. The van der Waals surface area contributed by atoms with Crippen LogP contribution in [0.3, 0.4) is 0 Å². The van der Waals surface area contributed by atoms with Gasteiger partial charge in [0, 0.05) is 6.42 Å². The number of aliphatic hydroxyl groups excluding tert-OH is 2. The number of nitrogens with one attached hydrogen (secondary N) is 1. The number of hydrogen-bond acceptors (Lipinski definition) is 3. The van der Waals surface area contributed by atoms with Gasteiger partial charge in [-0.1, -0.05) is 222 Å². The Morgan fingerprint density at radius 2 is 0.815 bits per heavy atom. The molecule has 0 bridgehead atoms. The molecule has 0 rings (SSSR count). The maximum atomic E-state index is 12.3. The Bertz CT molecular complexity index is 946. The van der Waals surface area contributed by atoms with Crippen molar-refractivity contribution >= 4 is 5.91 Å². The van der Waals surface area contributed by atoms with Crippen molar-refractivity contribution in [1.29, 1.82) is 0 Å². The van der Waals surface area contributed by atoms with E-state index in [9.17, 15) is 15.0 Å². The lowest BCUT2D eigenvalue weighted by molar-refractivity contribution is -0.123. The summed E-state index contributed by atoms with van der Waals surface area (Å²) in [6.07, 6.45) is 64.8. The molecule has 0 aliphatic carbocycles. The van der Waals surface area contributed by atoms with E-state index in [1.165, 1.54) is 141 Å². The molecule has 0 fully saturated rings. The van der Waals surface area contributed by atoms with Gasteiger partial charge in [0.25, 0.3) is 0 Å². The van der Waals surface area contributed by atoms with Crippen molar-refractivity contribution in [3.8, 4) is 0 Å². The van der Waals surface area contributed by atoms with Crippen LogP contribution in [-0.2, 0) is 4.79 Å². The minimum absolute atomic E-state index is 0.0690. The van der Waals surface area contributed by atoms with Crippen LogP contribution in [0.5, 0.6) is 0 Å². The number of aliphatic hydroxyl groups is 2. The first-order valence-electron chi connectivity index (χ1n) is 23.2. The molecule has 0 spiro atoms. The van der Waals surface area contributed by atoms with Crippen LogP contribution in [0.25, 0.3) is 0 Å². The third-order valence-corrected chi connectivity index (χ3v) is 10.2. The summed E-state index contributed by atoms with van der Waals surface area (Å²) in [5, 5.41) is 22.8. The quantitative estimate of drug-likeness (QED) is 0.0430. The zero-order valence-electron chi connectivity index (χ0n) is 35.7. The van der Waals surface area contributed by atoms with E-state index in [4.69, 9.17) is 0 Å². The first-order valence-corrected chi connectivity index (χ1v) is 23.2. The molecule has 0 radical (unpaired) electrons. The van der Waals surface area contributed by atoms with Crippen molar-refractivity contribution in [2.75, 3.05) is 6.61 Å². The van der Waals surface area contributed by atoms with E-state index in [2.05, 4.69) is 79.9 Å². The zero-order chi connectivity index (χ0) is 39.3. The highest BCUT2D eigenvalue weighted by molar-refractivity contribution is 5.76. The number of amides is 1. The predicted molar refractivity (Wildman–Crippen MR) is 239 cm³/mol. The molecule has 1 amide bonds. The van der Waals surface area contributed by atoms with Crippen molar-refractivity contribution in [2.45, 2.75) is 231 Å². The standard InChI is InChI=1S/C50H89NO3/c1-3-5-7-9-11-12-13-14-15-16-17-18-19-20-21-22-23-24-25-26-27-28-29-30-31-32-33-34-35-36-37-38-40-42-44-46-50(54)51-48(47-52)49(53)45-43-41-39-10-8-6-4-2/h5,7,11-12,14-15,17-18,20-21,43,45,48-49,52-53H,3-4,6,8-10,13,16,19,22-42,44,46-47H2,1-2H3,(H,51,54)/b7-5-,12-11-,15-14-,18-17-,21-20-,45-43+. The van der Waals surface area contributed by atoms with Crippen LogP contribution in [0.15, 0.2) is 72.9 Å². The molecule has 0 saturated heterocycles. The Hall–Kier alpha value is -2.17. The number of carbonyl (C=O) groups excluding carboxylic acids is 1. The minimum Gasteiger partial charge on any atom is -0.394 e. The van der Waals surface area contributed by atoms with E-state index in [-0.39, 0.29) is 12.5 Å². The minimum atomic E-state index is -0.836. The normalized spacial score (nSPS) is 13.6. The van der Waals surface area contributed by atoms with E-state index >= 15 is 0 Å². The number of allylic oxidation sites excluding steroid dienone is 11. The second-order valence-electron chi connectivity index (χ2n) is 15.4. The molecule has 0 aromatic heterocycles. The van der Waals surface area contributed by atoms with Gasteiger partial charge in [-0.25, -0.2) is 0 Å². The fraction of sp³-hybridized carbons (Fsp3) is 0.740. The number of carbonyl (C=O) groups is 1. The molecule has 0 saturated carbocycles. The van der Waals surface area contributed by atoms with Gasteiger partial charge in [0.2, 0.25) is 5.91 Å². The molecular formula is C50H89NO3. The summed E-state index contributed by atoms with van der Waals surface area (Å²) in [5.74, 6) is -0.0690. The maximum absolute atomic E-state index is 12.3. The fourth-order valence-electron chi connectivity index (χ4n) is 6.68. The molecular weight excluding hydrogens is 663 g/mol. The summed E-state index contributed by atoms with van der Waals surface area (Å²) in [5.41, 5.74) is 0. The van der Waals surface area contributed by atoms with Crippen LogP contribution in [0.2, 0.25) is 0 Å². The molecule has 312 valence electrons. The van der Waals surface area contributed by atoms with Gasteiger partial charge in [0.1, 0.15) is 0 Å². The molecule has 2 atom stereocenters. The first-order chi connectivity index (χ1) is 26.7. The molecule has 0 aromatic rings. The highest BCUT2D eigenvalue weighted by Gasteiger charge is 2.17. The summed E-state index contributed by atoms with van der Waals surface area (Å²) in [6, 6.07) is -0.619. The lowest BCUT2D eigenvalue weighted by Crippen LogP contribution is -2.45. The average molecular weight is 752 g/mol. The van der Waals surface area contributed by atoms with Crippen molar-refractivity contribution in [2.24, 2.45) is 0 Å². The summed E-state index contributed by atoms with van der Waals surface area (Å²) in [4.78, 5) is 12.3. The number of unbranched alkanes of at least 4 members (excludes halogenated alkanes) is 24. The van der Waals surface area contributed by atoms with Crippen LogP contribution >= 0.6 is 0 Å². The van der Waals surface area contributed by atoms with Crippen molar-refractivity contribution < 1.29 is 15.0 Å². The lowest BCUT2D eigenvalue weighted by Gasteiger charge is -2.20. The predicted octanol–water partition coefficient (Wildman–Crippen LogP) is 14.7. The van der Waals surface area contributed by atoms with E-state index < -0.39 is 12.1 Å². The highest BCUT2D eigenvalue weighted by Crippen LogP contribution is 2.15. The van der Waals surface area contributed by atoms with Crippen LogP contribution in [0.4, 0.5) is 0 Å². The number of rotatable bonds is 41. The van der Waals surface area contributed by atoms with Crippen molar-refractivity contribution in [1.82, 2.24) is 5.32 Å². The van der Waals surface area contributed by atoms with Crippen molar-refractivity contribution in [3.05, 3.63) is 72.9 Å². The SMILES string of the molecule is CC/C=C\C/C=C\C/C=C\C/C=C\C/C=C\CCCCCCCCCCCCCCCCCCCCCC(=O)NC(CO)C(O)/C=C/CCCCCCC. The Morgan fingerprint density at radius 3 is 1.22 bits per heavy atom. The molecule has 54 heavy (non-hydrogen) atoms. The van der Waals surface area contributed by atoms with Gasteiger partial charge in [0.15, 0.2) is 0 Å². The Labute approximate surface area is 336 Å². The van der Waals surface area contributed by atoms with Gasteiger partial charge < -0.3 is 15.5 Å². The van der Waals surface area contributed by atoms with E-state index in [0.29, 0.717) is 6.42 Å². The Morgan fingerprint density at radius 1 is 0.463 bits per heavy atom. The topological polar surface area (TPSA) is 69.6 Å². The van der Waals surface area contributed by atoms with Crippen LogP contribution in [0.1, 0.15) is 219 Å². The van der Waals surface area contributed by atoms with Crippen LogP contribution in [0, 0.1) is 0 Å². The van der Waals surface area contributed by atoms with Gasteiger partial charge in [-0.2, -0.15) is 0 Å². The van der Waals surface area contributed by atoms with E-state index in [1.54, 1.807) is 6.08 Å². The van der Waals surface area contributed by atoms with Crippen molar-refractivity contribution in [3.63, 3.8) is 0 Å². The monoisotopic (exact) mass is 752 g/mol. The highest BCUT2D eigenvalue weighted by atomic mass is 16.3. The van der Waals surface area contributed by atoms with Gasteiger partial charge >= 0.3 is 0 Å². The van der Waals surface area contributed by atoms with Crippen LogP contribution in [-0.4, -0.2) is 34.9 Å². The summed E-state index contributed by atoms with van der Waals surface area (Å²) in [6.45, 7) is 4.14. The summed E-state index contributed by atoms with van der Waals surface area (Å²) in [7, 11) is 0. The lowest BCUT2D eigenvalue weighted by atomic mass is 10.0. The molecule has 0 heterocycles. The molecule has 2 unspecified atom stereocenters. The molecule has 0 aromatic carbocycles. The number of hydrogen-bond donors (Lipinski definition) is 3.